The van der Waals surface area contributed by atoms with Gasteiger partial charge in [-0.2, -0.15) is 0 Å². The molecule has 0 aromatic carbocycles. The summed E-state index contributed by atoms with van der Waals surface area (Å²) < 4.78 is 0. The summed E-state index contributed by atoms with van der Waals surface area (Å²) in [4.78, 5) is 0. The molecule has 3 unspecified atom stereocenters. The van der Waals surface area contributed by atoms with E-state index >= 15 is 0 Å². The molecule has 3 saturated carbocycles. The number of rotatable bonds is 3. The van der Waals surface area contributed by atoms with Gasteiger partial charge in [0.15, 0.2) is 0 Å². The van der Waals surface area contributed by atoms with E-state index in [-0.39, 0.29) is 0 Å². The maximum absolute atomic E-state index is 4.08. The van der Waals surface area contributed by atoms with Gasteiger partial charge in [0.05, 0.1) is 0 Å². The summed E-state index contributed by atoms with van der Waals surface area (Å²) in [6.07, 6.45) is 11.9. The molecule has 3 aliphatic rings. The van der Waals surface area contributed by atoms with Crippen LogP contribution in [0.4, 0.5) is 0 Å². The topological polar surface area (TPSA) is 12.0 Å². The first-order valence-corrected chi connectivity index (χ1v) is 8.01. The van der Waals surface area contributed by atoms with E-state index in [0.29, 0.717) is 0 Å². The summed E-state index contributed by atoms with van der Waals surface area (Å²) >= 11 is 0. The van der Waals surface area contributed by atoms with Crippen LogP contribution in [0, 0.1) is 23.7 Å². The fraction of sp³-hybridized carbons (Fsp3) is 1.00. The Morgan fingerprint density at radius 3 is 2.47 bits per heavy atom. The lowest BCUT2D eigenvalue weighted by atomic mass is 9.77. The molecular formula is C16H29N. The molecule has 3 aliphatic carbocycles. The molecule has 1 heteroatoms. The lowest BCUT2D eigenvalue weighted by Gasteiger charge is -2.38. The van der Waals surface area contributed by atoms with Crippen molar-refractivity contribution in [3.63, 3.8) is 0 Å². The third-order valence-electron chi connectivity index (χ3n) is 5.69. The Kier molecular flexibility index (Phi) is 3.47. The molecule has 5 atom stereocenters. The summed E-state index contributed by atoms with van der Waals surface area (Å²) in [6.45, 7) is 4.84. The van der Waals surface area contributed by atoms with Crippen molar-refractivity contribution in [2.24, 2.45) is 23.7 Å². The zero-order valence-corrected chi connectivity index (χ0v) is 11.6. The van der Waals surface area contributed by atoms with Crippen LogP contribution in [0.1, 0.15) is 65.2 Å². The predicted octanol–water partition coefficient (Wildman–Crippen LogP) is 3.98. The molecule has 0 bridgehead atoms. The first-order valence-electron chi connectivity index (χ1n) is 8.01. The summed E-state index contributed by atoms with van der Waals surface area (Å²) in [5.74, 6) is 4.00. The van der Waals surface area contributed by atoms with Crippen molar-refractivity contribution in [3.8, 4) is 0 Å². The zero-order valence-electron chi connectivity index (χ0n) is 11.6. The monoisotopic (exact) mass is 235 g/mol. The maximum Gasteiger partial charge on any atom is 0.0101 e. The van der Waals surface area contributed by atoms with Crippen molar-refractivity contribution < 1.29 is 0 Å². The van der Waals surface area contributed by atoms with E-state index in [1.807, 2.05) is 0 Å². The van der Waals surface area contributed by atoms with Crippen LogP contribution in [-0.2, 0) is 0 Å². The van der Waals surface area contributed by atoms with Gasteiger partial charge in [0, 0.05) is 12.1 Å². The smallest absolute Gasteiger partial charge is 0.0101 e. The normalized spacial score (nSPS) is 45.7. The highest BCUT2D eigenvalue weighted by Crippen LogP contribution is 2.50. The Morgan fingerprint density at radius 1 is 0.882 bits per heavy atom. The molecule has 0 radical (unpaired) electrons. The van der Waals surface area contributed by atoms with Gasteiger partial charge in [-0.05, 0) is 49.4 Å². The van der Waals surface area contributed by atoms with E-state index in [1.54, 1.807) is 0 Å². The van der Waals surface area contributed by atoms with Crippen LogP contribution in [0.5, 0.6) is 0 Å². The average molecular weight is 235 g/mol. The molecule has 17 heavy (non-hydrogen) atoms. The van der Waals surface area contributed by atoms with Crippen molar-refractivity contribution in [3.05, 3.63) is 0 Å². The van der Waals surface area contributed by atoms with Crippen LogP contribution in [0.2, 0.25) is 0 Å². The highest BCUT2D eigenvalue weighted by molar-refractivity contribution is 5.00. The molecule has 3 fully saturated rings. The third-order valence-corrected chi connectivity index (χ3v) is 5.69. The van der Waals surface area contributed by atoms with Crippen molar-refractivity contribution in [2.45, 2.75) is 77.3 Å². The minimum Gasteiger partial charge on any atom is -0.311 e. The van der Waals surface area contributed by atoms with Gasteiger partial charge in [-0.3, -0.25) is 0 Å². The van der Waals surface area contributed by atoms with Crippen molar-refractivity contribution in [2.75, 3.05) is 0 Å². The summed E-state index contributed by atoms with van der Waals surface area (Å²) in [5, 5.41) is 4.08. The summed E-state index contributed by atoms with van der Waals surface area (Å²) in [6, 6.07) is 1.73. The van der Waals surface area contributed by atoms with Crippen molar-refractivity contribution in [1.82, 2.24) is 5.32 Å². The Balaban J connectivity index is 1.58. The maximum atomic E-state index is 4.08. The molecule has 0 aromatic rings. The van der Waals surface area contributed by atoms with Crippen LogP contribution < -0.4 is 5.32 Å². The molecule has 0 saturated heterocycles. The van der Waals surface area contributed by atoms with Gasteiger partial charge in [0.2, 0.25) is 0 Å². The number of nitrogens with one attached hydrogen (secondary N) is 1. The molecule has 1 nitrogen and oxygen atoms in total. The number of hydrogen-bond acceptors (Lipinski definition) is 1. The highest BCUT2D eigenvalue weighted by Gasteiger charge is 2.46. The second-order valence-electron chi connectivity index (χ2n) is 7.16. The average Bonchev–Trinajstić information content (AvgIpc) is 3.09. The predicted molar refractivity (Wildman–Crippen MR) is 73.0 cm³/mol. The van der Waals surface area contributed by atoms with E-state index in [1.165, 1.54) is 51.4 Å². The van der Waals surface area contributed by atoms with E-state index in [9.17, 15) is 0 Å². The Hall–Kier alpha value is -0.0400. The van der Waals surface area contributed by atoms with Gasteiger partial charge in [-0.15, -0.1) is 0 Å². The van der Waals surface area contributed by atoms with Gasteiger partial charge in [0.25, 0.3) is 0 Å². The van der Waals surface area contributed by atoms with E-state index in [4.69, 9.17) is 0 Å². The third kappa shape index (κ3) is 2.54. The van der Waals surface area contributed by atoms with Crippen LogP contribution in [0.15, 0.2) is 0 Å². The fourth-order valence-electron chi connectivity index (χ4n) is 4.56. The standard InChI is InChI=1S/C16H29N/c1-11(2)13-7-3-4-8-15(13)17-16-9-5-6-12-10-14(12)16/h11-17H,3-10H2,1-2H3/t12-,13?,14+,15?,16?/m0/s1. The molecule has 0 amide bonds. The molecule has 3 rings (SSSR count). The SMILES string of the molecule is CC(C)C1CCCCC1NC1CCC[C@H]2C[C@@H]12. The Labute approximate surface area is 107 Å². The van der Waals surface area contributed by atoms with Gasteiger partial charge in [0.1, 0.15) is 0 Å². The fourth-order valence-corrected chi connectivity index (χ4v) is 4.56. The van der Waals surface area contributed by atoms with Gasteiger partial charge >= 0.3 is 0 Å². The number of hydrogen-bond donors (Lipinski definition) is 1. The van der Waals surface area contributed by atoms with Gasteiger partial charge in [-0.25, -0.2) is 0 Å². The highest BCUT2D eigenvalue weighted by atomic mass is 15.0. The second kappa shape index (κ2) is 4.91. The van der Waals surface area contributed by atoms with Crippen LogP contribution >= 0.6 is 0 Å². The lowest BCUT2D eigenvalue weighted by Crippen LogP contribution is -2.47. The molecule has 1 N–H and O–H groups in total. The molecule has 0 aliphatic heterocycles. The lowest BCUT2D eigenvalue weighted by molar-refractivity contribution is 0.176. The molecule has 0 aromatic heterocycles. The summed E-state index contributed by atoms with van der Waals surface area (Å²) in [7, 11) is 0. The van der Waals surface area contributed by atoms with E-state index < -0.39 is 0 Å². The molecule has 0 heterocycles. The zero-order chi connectivity index (χ0) is 11.8. The minimum absolute atomic E-state index is 0.841. The molecular weight excluding hydrogens is 206 g/mol. The van der Waals surface area contributed by atoms with Crippen molar-refractivity contribution >= 4 is 0 Å². The summed E-state index contributed by atoms with van der Waals surface area (Å²) in [5.41, 5.74) is 0. The van der Waals surface area contributed by atoms with Crippen LogP contribution in [0.25, 0.3) is 0 Å². The van der Waals surface area contributed by atoms with E-state index in [2.05, 4.69) is 19.2 Å². The minimum atomic E-state index is 0.841. The van der Waals surface area contributed by atoms with Crippen molar-refractivity contribution in [1.29, 1.82) is 0 Å². The van der Waals surface area contributed by atoms with Gasteiger partial charge < -0.3 is 5.32 Å². The van der Waals surface area contributed by atoms with Crippen LogP contribution in [0.3, 0.4) is 0 Å². The second-order valence-corrected chi connectivity index (χ2v) is 7.16. The van der Waals surface area contributed by atoms with Gasteiger partial charge in [-0.1, -0.05) is 39.5 Å². The molecule has 0 spiro atoms. The quantitative estimate of drug-likeness (QED) is 0.780. The first-order chi connectivity index (χ1) is 8.25. The Morgan fingerprint density at radius 2 is 1.65 bits per heavy atom. The largest absolute Gasteiger partial charge is 0.311 e. The van der Waals surface area contributed by atoms with E-state index in [0.717, 1.165) is 35.8 Å². The number of fused-ring (bicyclic) bond motifs is 1. The Bertz CT molecular complexity index is 260. The van der Waals surface area contributed by atoms with Crippen LogP contribution in [-0.4, -0.2) is 12.1 Å². The first kappa shape index (κ1) is 12.0. The molecule has 98 valence electrons.